The molecule has 1 aromatic heterocycles. The quantitative estimate of drug-likeness (QED) is 0.906. The van der Waals surface area contributed by atoms with Crippen LogP contribution in [0.4, 0.5) is 22.0 Å². The number of nitrogens with one attached hydrogen (secondary N) is 1. The van der Waals surface area contributed by atoms with Gasteiger partial charge in [-0.15, -0.1) is 0 Å². The van der Waals surface area contributed by atoms with E-state index in [0.717, 1.165) is 29.8 Å². The molecule has 5 rings (SSSR count). The third-order valence-corrected chi connectivity index (χ3v) is 5.51. The van der Waals surface area contributed by atoms with Gasteiger partial charge in [0, 0.05) is 25.2 Å². The Kier molecular flexibility index (Phi) is 3.22. The number of cyclic esters (lactones) is 1. The highest BCUT2D eigenvalue weighted by molar-refractivity contribution is 5.99. The van der Waals surface area contributed by atoms with E-state index >= 15 is 0 Å². The van der Waals surface area contributed by atoms with Crippen molar-refractivity contribution < 1.29 is 18.8 Å². The number of anilines is 3. The Bertz CT molecular complexity index is 895. The van der Waals surface area contributed by atoms with Gasteiger partial charge < -0.3 is 19.5 Å². The van der Waals surface area contributed by atoms with Crippen LogP contribution >= 0.6 is 0 Å². The Morgan fingerprint density at radius 1 is 1.19 bits per heavy atom. The van der Waals surface area contributed by atoms with Crippen molar-refractivity contribution in [3.63, 3.8) is 0 Å². The van der Waals surface area contributed by atoms with E-state index in [1.54, 1.807) is 15.9 Å². The van der Waals surface area contributed by atoms with Gasteiger partial charge in [-0.3, -0.25) is 9.69 Å². The van der Waals surface area contributed by atoms with E-state index in [0.29, 0.717) is 18.8 Å². The van der Waals surface area contributed by atoms with Crippen LogP contribution < -0.4 is 15.1 Å². The van der Waals surface area contributed by atoms with E-state index in [1.807, 2.05) is 19.2 Å². The van der Waals surface area contributed by atoms with E-state index in [1.165, 1.54) is 11.8 Å². The first-order chi connectivity index (χ1) is 12.6. The van der Waals surface area contributed by atoms with Crippen LogP contribution in [0, 0.1) is 0 Å². The van der Waals surface area contributed by atoms with Gasteiger partial charge in [0.1, 0.15) is 12.4 Å². The Labute approximate surface area is 149 Å². The van der Waals surface area contributed by atoms with Crippen molar-refractivity contribution in [2.24, 2.45) is 0 Å². The molecule has 1 N–H and O–H groups in total. The zero-order valence-electron chi connectivity index (χ0n) is 14.3. The van der Waals surface area contributed by atoms with Crippen LogP contribution in [0.5, 0.6) is 0 Å². The molecule has 0 aliphatic carbocycles. The van der Waals surface area contributed by atoms with Gasteiger partial charge in [-0.25, -0.2) is 4.79 Å². The van der Waals surface area contributed by atoms with Crippen molar-refractivity contribution in [1.29, 1.82) is 0 Å². The monoisotopic (exact) mass is 354 g/mol. The predicted octanol–water partition coefficient (Wildman–Crippen LogP) is 1.95. The largest absolute Gasteiger partial charge is 0.442 e. The molecule has 0 spiro atoms. The molecule has 1 fully saturated rings. The maximum atomic E-state index is 12.5. The Hall–Kier alpha value is -3.03. The molecular formula is C18H18N4O4. The van der Waals surface area contributed by atoms with Crippen LogP contribution in [0.25, 0.3) is 0 Å². The summed E-state index contributed by atoms with van der Waals surface area (Å²) in [5, 5.41) is 6.96. The summed E-state index contributed by atoms with van der Waals surface area (Å²) >= 11 is 0. The first kappa shape index (κ1) is 15.2. The van der Waals surface area contributed by atoms with Crippen molar-refractivity contribution in [1.82, 2.24) is 5.16 Å². The SMILES string of the molecule is CN1C(=O)CCc2c1ccc1c2C[C@H]2C(CNc3ccon3)OC(=O)N12. The van der Waals surface area contributed by atoms with Crippen LogP contribution in [0.1, 0.15) is 17.5 Å². The van der Waals surface area contributed by atoms with Crippen molar-refractivity contribution in [2.45, 2.75) is 31.4 Å². The first-order valence-electron chi connectivity index (χ1n) is 8.69. The zero-order valence-corrected chi connectivity index (χ0v) is 14.3. The topological polar surface area (TPSA) is 87.9 Å². The standard InChI is InChI=1S/C18H18N4O4/c1-21-12-3-4-13-11(10(12)2-5-17(21)23)8-14-15(26-18(24)22(13)14)9-19-16-6-7-25-20-16/h3-4,6-7,14-15H,2,5,8-9H2,1H3,(H,19,20)/t14-,15?/m0/s1. The number of benzene rings is 1. The lowest BCUT2D eigenvalue weighted by atomic mass is 9.93. The number of nitrogens with zero attached hydrogens (tertiary/aromatic N) is 3. The fourth-order valence-electron chi connectivity index (χ4n) is 4.21. The van der Waals surface area contributed by atoms with E-state index in [2.05, 4.69) is 10.5 Å². The molecule has 1 unspecified atom stereocenters. The average molecular weight is 354 g/mol. The van der Waals surface area contributed by atoms with Crippen molar-refractivity contribution in [3.05, 3.63) is 35.6 Å². The zero-order chi connectivity index (χ0) is 17.8. The van der Waals surface area contributed by atoms with E-state index in [4.69, 9.17) is 9.26 Å². The Morgan fingerprint density at radius 2 is 2.04 bits per heavy atom. The molecule has 26 heavy (non-hydrogen) atoms. The van der Waals surface area contributed by atoms with Crippen molar-refractivity contribution in [3.8, 4) is 0 Å². The molecule has 2 aromatic rings. The fraction of sp³-hybridized carbons (Fsp3) is 0.389. The van der Waals surface area contributed by atoms with E-state index < -0.39 is 0 Å². The molecule has 1 saturated heterocycles. The fourth-order valence-corrected chi connectivity index (χ4v) is 4.21. The molecule has 3 aliphatic heterocycles. The van der Waals surface area contributed by atoms with Gasteiger partial charge in [0.25, 0.3) is 0 Å². The summed E-state index contributed by atoms with van der Waals surface area (Å²) in [6, 6.07) is 5.53. The van der Waals surface area contributed by atoms with Gasteiger partial charge in [0.2, 0.25) is 5.91 Å². The lowest BCUT2D eigenvalue weighted by molar-refractivity contribution is -0.118. The molecule has 4 heterocycles. The summed E-state index contributed by atoms with van der Waals surface area (Å²) in [7, 11) is 1.81. The van der Waals surface area contributed by atoms with Crippen LogP contribution in [0.2, 0.25) is 0 Å². The molecule has 3 aliphatic rings. The molecule has 134 valence electrons. The van der Waals surface area contributed by atoms with E-state index in [-0.39, 0.29) is 24.1 Å². The smallest absolute Gasteiger partial charge is 0.415 e. The van der Waals surface area contributed by atoms with Crippen LogP contribution in [-0.2, 0) is 22.4 Å². The minimum absolute atomic E-state index is 0.0497. The normalized spacial score (nSPS) is 23.6. The second-order valence-corrected chi connectivity index (χ2v) is 6.84. The first-order valence-corrected chi connectivity index (χ1v) is 8.69. The highest BCUT2D eigenvalue weighted by atomic mass is 16.6. The number of aromatic nitrogens is 1. The van der Waals surface area contributed by atoms with Gasteiger partial charge in [-0.1, -0.05) is 5.16 Å². The number of amides is 2. The summed E-state index contributed by atoms with van der Waals surface area (Å²) in [6.07, 6.45) is 2.86. The molecule has 0 radical (unpaired) electrons. The van der Waals surface area contributed by atoms with Crippen molar-refractivity contribution in [2.75, 3.05) is 28.7 Å². The van der Waals surface area contributed by atoms with Crippen LogP contribution in [-0.4, -0.2) is 42.9 Å². The Balaban J connectivity index is 1.44. The minimum Gasteiger partial charge on any atom is -0.442 e. The molecule has 0 bridgehead atoms. The number of hydrogen-bond donors (Lipinski definition) is 1. The molecule has 0 saturated carbocycles. The number of ether oxygens (including phenoxy) is 1. The maximum Gasteiger partial charge on any atom is 0.415 e. The lowest BCUT2D eigenvalue weighted by Crippen LogP contribution is -2.36. The number of hydrogen-bond acceptors (Lipinski definition) is 6. The third-order valence-electron chi connectivity index (χ3n) is 5.51. The molecular weight excluding hydrogens is 336 g/mol. The lowest BCUT2D eigenvalue weighted by Gasteiger charge is -2.27. The summed E-state index contributed by atoms with van der Waals surface area (Å²) in [4.78, 5) is 27.9. The maximum absolute atomic E-state index is 12.5. The van der Waals surface area contributed by atoms with E-state index in [9.17, 15) is 9.59 Å². The number of rotatable bonds is 3. The molecule has 2 amide bonds. The second-order valence-electron chi connectivity index (χ2n) is 6.84. The van der Waals surface area contributed by atoms with Gasteiger partial charge in [0.15, 0.2) is 5.82 Å². The van der Waals surface area contributed by atoms with Gasteiger partial charge in [-0.2, -0.15) is 0 Å². The minimum atomic E-state index is -0.319. The highest BCUT2D eigenvalue weighted by Gasteiger charge is 2.48. The third kappa shape index (κ3) is 2.11. The van der Waals surface area contributed by atoms with Crippen LogP contribution in [0.15, 0.2) is 29.0 Å². The summed E-state index contributed by atoms with van der Waals surface area (Å²) in [5.74, 6) is 0.748. The Morgan fingerprint density at radius 3 is 2.85 bits per heavy atom. The highest BCUT2D eigenvalue weighted by Crippen LogP contribution is 2.44. The van der Waals surface area contributed by atoms with Gasteiger partial charge >= 0.3 is 6.09 Å². The number of fused-ring (bicyclic) bond motifs is 5. The average Bonchev–Trinajstić information content (AvgIpc) is 3.34. The summed E-state index contributed by atoms with van der Waals surface area (Å²) in [5.41, 5.74) is 4.20. The number of carbonyl (C=O) groups excluding carboxylic acids is 2. The van der Waals surface area contributed by atoms with Crippen molar-refractivity contribution >= 4 is 29.2 Å². The molecule has 8 nitrogen and oxygen atoms in total. The summed E-state index contributed by atoms with van der Waals surface area (Å²) in [6.45, 7) is 0.466. The second kappa shape index (κ2) is 5.48. The predicted molar refractivity (Wildman–Crippen MR) is 93.4 cm³/mol. The van der Waals surface area contributed by atoms with Gasteiger partial charge in [0.05, 0.1) is 18.3 Å². The summed E-state index contributed by atoms with van der Waals surface area (Å²) < 4.78 is 10.4. The molecule has 8 heteroatoms. The molecule has 1 aromatic carbocycles. The molecule has 2 atom stereocenters. The van der Waals surface area contributed by atoms with Crippen LogP contribution in [0.3, 0.4) is 0 Å². The number of carbonyl (C=O) groups is 2. The van der Waals surface area contributed by atoms with Gasteiger partial charge in [-0.05, 0) is 36.1 Å².